The largest absolute Gasteiger partial charge is 0.344 e. The first-order valence-corrected chi connectivity index (χ1v) is 11.6. The molecule has 0 saturated heterocycles. The van der Waals surface area contributed by atoms with Crippen LogP contribution >= 0.6 is 0 Å². The number of anilines is 1. The highest BCUT2D eigenvalue weighted by molar-refractivity contribution is 7.85. The third kappa shape index (κ3) is 5.26. The molecule has 0 spiro atoms. The Labute approximate surface area is 179 Å². The molecule has 5 nitrogen and oxygen atoms in total. The number of para-hydroxylation sites is 1. The van der Waals surface area contributed by atoms with Crippen LogP contribution in [-0.4, -0.2) is 31.5 Å². The van der Waals surface area contributed by atoms with Crippen molar-refractivity contribution in [3.63, 3.8) is 0 Å². The van der Waals surface area contributed by atoms with Gasteiger partial charge in [0.2, 0.25) is 0 Å². The smallest absolute Gasteiger partial charge is 0.264 e. The highest BCUT2D eigenvalue weighted by Crippen LogP contribution is 2.48. The van der Waals surface area contributed by atoms with Crippen LogP contribution in [-0.2, 0) is 15.5 Å². The summed E-state index contributed by atoms with van der Waals surface area (Å²) >= 11 is 0. The average Bonchev–Trinajstić information content (AvgIpc) is 2.88. The van der Waals surface area contributed by atoms with E-state index in [1.54, 1.807) is 6.21 Å². The van der Waals surface area contributed by atoms with Crippen LogP contribution < -0.4 is 4.90 Å². The highest BCUT2D eigenvalue weighted by Gasteiger charge is 2.39. The zero-order valence-electron chi connectivity index (χ0n) is 17.6. The minimum Gasteiger partial charge on any atom is -0.344 e. The van der Waals surface area contributed by atoms with Crippen LogP contribution in [0.15, 0.2) is 77.4 Å². The summed E-state index contributed by atoms with van der Waals surface area (Å²) in [4.78, 5) is 6.56. The second kappa shape index (κ2) is 8.98. The van der Waals surface area contributed by atoms with Crippen LogP contribution in [0.4, 0.5) is 11.4 Å². The maximum Gasteiger partial charge on any atom is 0.264 e. The van der Waals surface area contributed by atoms with Crippen molar-refractivity contribution in [3.8, 4) is 0 Å². The molecule has 0 aromatic heterocycles. The van der Waals surface area contributed by atoms with Gasteiger partial charge in [-0.15, -0.1) is 0 Å². The van der Waals surface area contributed by atoms with Gasteiger partial charge in [-0.25, -0.2) is 0 Å². The second-order valence-corrected chi connectivity index (χ2v) is 9.56. The summed E-state index contributed by atoms with van der Waals surface area (Å²) in [6, 6.07) is 16.1. The van der Waals surface area contributed by atoms with Crippen LogP contribution in [0.5, 0.6) is 0 Å². The molecule has 1 aliphatic rings. The van der Waals surface area contributed by atoms with E-state index in [0.29, 0.717) is 13.0 Å². The lowest BCUT2D eigenvalue weighted by atomic mass is 9.83. The average molecular weight is 425 g/mol. The lowest BCUT2D eigenvalue weighted by molar-refractivity contribution is 0.481. The molecular formula is C24H28N2O3S. The molecule has 1 N–H and O–H groups in total. The zero-order valence-corrected chi connectivity index (χ0v) is 18.4. The lowest BCUT2D eigenvalue weighted by Gasteiger charge is -2.27. The molecule has 1 heterocycles. The molecule has 30 heavy (non-hydrogen) atoms. The van der Waals surface area contributed by atoms with E-state index in [4.69, 9.17) is 4.55 Å². The SMILES string of the molecule is Cc1ccc2c(c1)C(C)(C)\C(=C/C=C/C=N/c1ccccc1)N2CCCS(=O)(=O)O. The standard InChI is InChI=1S/C24H28N2O3S/c1-19-13-14-22-21(18-19)24(2,3)23(26(22)16-9-17-30(27,28)29)12-7-8-15-25-20-10-5-4-6-11-20/h4-8,10-15,18H,9,16-17H2,1-3H3,(H,27,28,29)/b8-7+,23-12+,25-15+. The number of nitrogens with zero attached hydrogens (tertiary/aromatic N) is 2. The molecule has 6 heteroatoms. The third-order valence-electron chi connectivity index (χ3n) is 5.26. The number of fused-ring (bicyclic) bond motifs is 1. The van der Waals surface area contributed by atoms with E-state index in [-0.39, 0.29) is 11.2 Å². The Kier molecular flexibility index (Phi) is 6.58. The van der Waals surface area contributed by atoms with E-state index in [1.807, 2.05) is 42.5 Å². The molecule has 2 aromatic carbocycles. The monoisotopic (exact) mass is 424 g/mol. The number of benzene rings is 2. The number of aryl methyl sites for hydroxylation is 1. The summed E-state index contributed by atoms with van der Waals surface area (Å²) in [7, 11) is -3.97. The number of aliphatic imine (C=N–C) groups is 1. The predicted octanol–water partition coefficient (Wildman–Crippen LogP) is 5.21. The Bertz CT molecular complexity index is 1080. The Morgan fingerprint density at radius 1 is 1.10 bits per heavy atom. The Morgan fingerprint density at radius 2 is 1.83 bits per heavy atom. The van der Waals surface area contributed by atoms with Gasteiger partial charge in [-0.3, -0.25) is 9.55 Å². The lowest BCUT2D eigenvalue weighted by Crippen LogP contribution is -2.28. The van der Waals surface area contributed by atoms with Crippen LogP contribution in [0, 0.1) is 6.92 Å². The van der Waals surface area contributed by atoms with Crippen molar-refractivity contribution in [2.24, 2.45) is 4.99 Å². The first-order chi connectivity index (χ1) is 14.2. The summed E-state index contributed by atoms with van der Waals surface area (Å²) in [6.45, 7) is 6.93. The van der Waals surface area contributed by atoms with Gasteiger partial charge in [0.1, 0.15) is 0 Å². The molecule has 0 atom stereocenters. The molecule has 158 valence electrons. The van der Waals surface area contributed by atoms with Gasteiger partial charge >= 0.3 is 0 Å². The van der Waals surface area contributed by atoms with Crippen molar-refractivity contribution in [2.45, 2.75) is 32.6 Å². The zero-order chi connectivity index (χ0) is 21.8. The third-order valence-corrected chi connectivity index (χ3v) is 6.07. The molecule has 2 aromatic rings. The minimum absolute atomic E-state index is 0.222. The summed E-state index contributed by atoms with van der Waals surface area (Å²) < 4.78 is 31.4. The van der Waals surface area contributed by atoms with Crippen LogP contribution in [0.1, 0.15) is 31.4 Å². The molecule has 0 radical (unpaired) electrons. The van der Waals surface area contributed by atoms with E-state index in [9.17, 15) is 8.42 Å². The fraction of sp³-hybridized carbons (Fsp3) is 0.292. The van der Waals surface area contributed by atoms with Gasteiger partial charge in [0.15, 0.2) is 0 Å². The number of hydrogen-bond acceptors (Lipinski definition) is 4. The van der Waals surface area contributed by atoms with Crippen LogP contribution in [0.25, 0.3) is 0 Å². The molecule has 0 bridgehead atoms. The molecule has 1 aliphatic heterocycles. The van der Waals surface area contributed by atoms with Gasteiger partial charge in [0, 0.05) is 29.6 Å². The van der Waals surface area contributed by atoms with Crippen molar-refractivity contribution >= 4 is 27.7 Å². The molecular weight excluding hydrogens is 396 g/mol. The van der Waals surface area contributed by atoms with Gasteiger partial charge in [0.25, 0.3) is 10.1 Å². The normalized spacial score (nSPS) is 17.3. The number of rotatable bonds is 7. The maximum atomic E-state index is 11.2. The first kappa shape index (κ1) is 22.0. The Hall–Kier alpha value is -2.70. The van der Waals surface area contributed by atoms with Gasteiger partial charge in [-0.1, -0.05) is 55.8 Å². The minimum atomic E-state index is -3.97. The summed E-state index contributed by atoms with van der Waals surface area (Å²) in [5.74, 6) is -0.252. The van der Waals surface area contributed by atoms with E-state index < -0.39 is 10.1 Å². The summed E-state index contributed by atoms with van der Waals surface area (Å²) in [6.07, 6.45) is 8.01. The van der Waals surface area contributed by atoms with Crippen molar-refractivity contribution in [1.29, 1.82) is 0 Å². The van der Waals surface area contributed by atoms with Crippen LogP contribution in [0.3, 0.4) is 0 Å². The summed E-state index contributed by atoms with van der Waals surface area (Å²) in [5, 5.41) is 0. The first-order valence-electron chi connectivity index (χ1n) is 9.99. The molecule has 0 saturated carbocycles. The fourth-order valence-corrected chi connectivity index (χ4v) is 4.27. The fourth-order valence-electron chi connectivity index (χ4n) is 3.77. The maximum absolute atomic E-state index is 11.2. The molecule has 0 aliphatic carbocycles. The quantitative estimate of drug-likeness (QED) is 0.489. The Balaban J connectivity index is 1.86. The molecule has 3 rings (SSSR count). The molecule has 0 fully saturated rings. The van der Waals surface area contributed by atoms with Crippen LogP contribution in [0.2, 0.25) is 0 Å². The predicted molar refractivity (Wildman–Crippen MR) is 124 cm³/mol. The van der Waals surface area contributed by atoms with E-state index in [2.05, 4.69) is 54.9 Å². The van der Waals surface area contributed by atoms with E-state index in [0.717, 1.165) is 17.1 Å². The van der Waals surface area contributed by atoms with E-state index >= 15 is 0 Å². The van der Waals surface area contributed by atoms with E-state index in [1.165, 1.54) is 11.1 Å². The highest BCUT2D eigenvalue weighted by atomic mass is 32.2. The molecule has 0 amide bonds. The summed E-state index contributed by atoms with van der Waals surface area (Å²) in [5.41, 5.74) is 5.24. The second-order valence-electron chi connectivity index (χ2n) is 7.99. The van der Waals surface area contributed by atoms with Crippen molar-refractivity contribution in [3.05, 3.63) is 83.6 Å². The van der Waals surface area contributed by atoms with Crippen molar-refractivity contribution in [2.75, 3.05) is 17.2 Å². The van der Waals surface area contributed by atoms with Gasteiger partial charge in [-0.2, -0.15) is 8.42 Å². The van der Waals surface area contributed by atoms with Gasteiger partial charge in [-0.05, 0) is 49.3 Å². The topological polar surface area (TPSA) is 70.0 Å². The Morgan fingerprint density at radius 3 is 2.53 bits per heavy atom. The van der Waals surface area contributed by atoms with Crippen molar-refractivity contribution < 1.29 is 13.0 Å². The number of hydrogen-bond donors (Lipinski definition) is 1. The van der Waals surface area contributed by atoms with Gasteiger partial charge < -0.3 is 4.90 Å². The number of allylic oxidation sites excluding steroid dienone is 4. The molecule has 0 unspecified atom stereocenters. The van der Waals surface area contributed by atoms with Crippen molar-refractivity contribution in [1.82, 2.24) is 0 Å². The van der Waals surface area contributed by atoms with Gasteiger partial charge in [0.05, 0.1) is 11.4 Å².